The second-order valence-electron chi connectivity index (χ2n) is 4.31. The maximum atomic E-state index is 5.83. The summed E-state index contributed by atoms with van der Waals surface area (Å²) in [6.45, 7) is 2.53. The molecule has 19 heavy (non-hydrogen) atoms. The molecule has 0 bridgehead atoms. The zero-order valence-corrected chi connectivity index (χ0v) is 11.2. The lowest BCUT2D eigenvalue weighted by Crippen LogP contribution is -2.06. The normalized spacial score (nSPS) is 10.2. The standard InChI is InChI=1S/C15H18N2O2/c1-11-9-12(15(16)17-10-11)7-8-19-14-6-4-3-5-13(14)18-2/h3-6,9-10H,7-8H2,1-2H3,(H2,16,17). The van der Waals surface area contributed by atoms with Gasteiger partial charge in [-0.3, -0.25) is 0 Å². The first-order chi connectivity index (χ1) is 9.20. The number of aryl methyl sites for hydroxylation is 1. The molecule has 0 fully saturated rings. The van der Waals surface area contributed by atoms with E-state index in [1.165, 1.54) is 0 Å². The third-order valence-corrected chi connectivity index (χ3v) is 2.84. The molecule has 1 aromatic carbocycles. The van der Waals surface area contributed by atoms with Crippen molar-refractivity contribution >= 4 is 5.82 Å². The molecule has 1 heterocycles. The van der Waals surface area contributed by atoms with Gasteiger partial charge < -0.3 is 15.2 Å². The minimum absolute atomic E-state index is 0.537. The lowest BCUT2D eigenvalue weighted by Gasteiger charge is -2.11. The van der Waals surface area contributed by atoms with Gasteiger partial charge in [-0.25, -0.2) is 4.98 Å². The average Bonchev–Trinajstić information content (AvgIpc) is 2.43. The molecule has 1 aromatic heterocycles. The molecule has 0 unspecified atom stereocenters. The summed E-state index contributed by atoms with van der Waals surface area (Å²) in [7, 11) is 1.63. The minimum Gasteiger partial charge on any atom is -0.493 e. The molecule has 100 valence electrons. The predicted molar refractivity (Wildman–Crippen MR) is 75.6 cm³/mol. The van der Waals surface area contributed by atoms with Crippen LogP contribution in [0.15, 0.2) is 36.5 Å². The Kier molecular flexibility index (Phi) is 4.23. The summed E-state index contributed by atoms with van der Waals surface area (Å²) in [5.41, 5.74) is 7.94. The molecule has 4 heteroatoms. The third-order valence-electron chi connectivity index (χ3n) is 2.84. The number of pyridine rings is 1. The number of anilines is 1. The van der Waals surface area contributed by atoms with E-state index in [1.807, 2.05) is 37.3 Å². The lowest BCUT2D eigenvalue weighted by molar-refractivity contribution is 0.298. The maximum absolute atomic E-state index is 5.83. The number of benzene rings is 1. The van der Waals surface area contributed by atoms with E-state index in [1.54, 1.807) is 13.3 Å². The van der Waals surface area contributed by atoms with Crippen molar-refractivity contribution in [2.24, 2.45) is 0 Å². The smallest absolute Gasteiger partial charge is 0.161 e. The molecule has 0 aliphatic carbocycles. The zero-order chi connectivity index (χ0) is 13.7. The summed E-state index contributed by atoms with van der Waals surface area (Å²) in [6.07, 6.45) is 2.48. The number of para-hydroxylation sites is 2. The first kappa shape index (κ1) is 13.2. The van der Waals surface area contributed by atoms with Crippen LogP contribution in [-0.2, 0) is 6.42 Å². The van der Waals surface area contributed by atoms with E-state index < -0.39 is 0 Å². The van der Waals surface area contributed by atoms with Gasteiger partial charge in [-0.1, -0.05) is 18.2 Å². The molecule has 0 amide bonds. The van der Waals surface area contributed by atoms with Crippen molar-refractivity contribution in [2.45, 2.75) is 13.3 Å². The molecule has 0 aliphatic rings. The van der Waals surface area contributed by atoms with Crippen molar-refractivity contribution in [2.75, 3.05) is 19.5 Å². The number of rotatable bonds is 5. The number of nitrogens with two attached hydrogens (primary N) is 1. The molecular weight excluding hydrogens is 240 g/mol. The third kappa shape index (κ3) is 3.37. The van der Waals surface area contributed by atoms with Crippen LogP contribution in [0.5, 0.6) is 11.5 Å². The highest BCUT2D eigenvalue weighted by Crippen LogP contribution is 2.26. The molecule has 4 nitrogen and oxygen atoms in total. The first-order valence-electron chi connectivity index (χ1n) is 6.17. The second-order valence-corrected chi connectivity index (χ2v) is 4.31. The first-order valence-corrected chi connectivity index (χ1v) is 6.17. The van der Waals surface area contributed by atoms with Crippen LogP contribution < -0.4 is 15.2 Å². The molecule has 0 radical (unpaired) electrons. The Morgan fingerprint density at radius 3 is 2.68 bits per heavy atom. The largest absolute Gasteiger partial charge is 0.493 e. The Morgan fingerprint density at radius 1 is 1.21 bits per heavy atom. The molecule has 2 rings (SSSR count). The summed E-state index contributed by atoms with van der Waals surface area (Å²) in [4.78, 5) is 4.14. The lowest BCUT2D eigenvalue weighted by atomic mass is 10.1. The van der Waals surface area contributed by atoms with Gasteiger partial charge in [0.05, 0.1) is 13.7 Å². The second kappa shape index (κ2) is 6.09. The average molecular weight is 258 g/mol. The van der Waals surface area contributed by atoms with Crippen molar-refractivity contribution in [3.05, 3.63) is 47.7 Å². The van der Waals surface area contributed by atoms with Crippen molar-refractivity contribution in [3.8, 4) is 11.5 Å². The Balaban J connectivity index is 1.98. The Labute approximate surface area is 113 Å². The monoisotopic (exact) mass is 258 g/mol. The zero-order valence-electron chi connectivity index (χ0n) is 11.2. The number of ether oxygens (including phenoxy) is 2. The van der Waals surface area contributed by atoms with Gasteiger partial charge >= 0.3 is 0 Å². The fraction of sp³-hybridized carbons (Fsp3) is 0.267. The number of methoxy groups -OCH3 is 1. The number of hydrogen-bond acceptors (Lipinski definition) is 4. The molecule has 0 atom stereocenters. The van der Waals surface area contributed by atoms with Gasteiger partial charge in [0.25, 0.3) is 0 Å². The highest BCUT2D eigenvalue weighted by molar-refractivity contribution is 5.41. The number of hydrogen-bond donors (Lipinski definition) is 1. The van der Waals surface area contributed by atoms with E-state index in [0.717, 1.165) is 29.0 Å². The summed E-state index contributed by atoms with van der Waals surface area (Å²) in [5, 5.41) is 0. The fourth-order valence-corrected chi connectivity index (χ4v) is 1.85. The number of nitrogen functional groups attached to an aromatic ring is 1. The van der Waals surface area contributed by atoms with Crippen LogP contribution in [0.4, 0.5) is 5.82 Å². The van der Waals surface area contributed by atoms with E-state index in [4.69, 9.17) is 15.2 Å². The van der Waals surface area contributed by atoms with Crippen molar-refractivity contribution in [3.63, 3.8) is 0 Å². The van der Waals surface area contributed by atoms with Gasteiger partial charge in [-0.2, -0.15) is 0 Å². The Morgan fingerprint density at radius 2 is 1.95 bits per heavy atom. The van der Waals surface area contributed by atoms with Crippen LogP contribution in [0, 0.1) is 6.92 Å². The van der Waals surface area contributed by atoms with E-state index in [0.29, 0.717) is 12.4 Å². The van der Waals surface area contributed by atoms with Crippen LogP contribution in [0.3, 0.4) is 0 Å². The van der Waals surface area contributed by atoms with Crippen LogP contribution in [0.1, 0.15) is 11.1 Å². The summed E-state index contributed by atoms with van der Waals surface area (Å²) < 4.78 is 10.9. The van der Waals surface area contributed by atoms with Crippen LogP contribution in [0.2, 0.25) is 0 Å². The van der Waals surface area contributed by atoms with Gasteiger partial charge in [0.1, 0.15) is 5.82 Å². The molecule has 0 aliphatic heterocycles. The quantitative estimate of drug-likeness (QED) is 0.895. The summed E-state index contributed by atoms with van der Waals surface area (Å²) in [5.74, 6) is 2.04. The molecule has 2 aromatic rings. The van der Waals surface area contributed by atoms with Crippen molar-refractivity contribution in [1.82, 2.24) is 4.98 Å². The number of aromatic nitrogens is 1. The maximum Gasteiger partial charge on any atom is 0.161 e. The van der Waals surface area contributed by atoms with E-state index in [-0.39, 0.29) is 0 Å². The molecule has 2 N–H and O–H groups in total. The molecular formula is C15H18N2O2. The summed E-state index contributed by atoms with van der Waals surface area (Å²) >= 11 is 0. The van der Waals surface area contributed by atoms with Crippen LogP contribution in [0.25, 0.3) is 0 Å². The topological polar surface area (TPSA) is 57.4 Å². The predicted octanol–water partition coefficient (Wildman–Crippen LogP) is 2.60. The fourth-order valence-electron chi connectivity index (χ4n) is 1.85. The van der Waals surface area contributed by atoms with Gasteiger partial charge in [0, 0.05) is 12.6 Å². The van der Waals surface area contributed by atoms with E-state index in [9.17, 15) is 0 Å². The van der Waals surface area contributed by atoms with Gasteiger partial charge in [0.2, 0.25) is 0 Å². The Bertz CT molecular complexity index is 556. The molecule has 0 saturated heterocycles. The molecule has 0 saturated carbocycles. The van der Waals surface area contributed by atoms with Gasteiger partial charge in [-0.15, -0.1) is 0 Å². The van der Waals surface area contributed by atoms with Gasteiger partial charge in [0.15, 0.2) is 11.5 Å². The highest BCUT2D eigenvalue weighted by atomic mass is 16.5. The van der Waals surface area contributed by atoms with Crippen LogP contribution in [-0.4, -0.2) is 18.7 Å². The van der Waals surface area contributed by atoms with E-state index in [2.05, 4.69) is 4.98 Å². The minimum atomic E-state index is 0.537. The van der Waals surface area contributed by atoms with Crippen molar-refractivity contribution < 1.29 is 9.47 Å². The number of nitrogens with zero attached hydrogens (tertiary/aromatic N) is 1. The molecule has 0 spiro atoms. The highest BCUT2D eigenvalue weighted by Gasteiger charge is 2.04. The van der Waals surface area contributed by atoms with Gasteiger partial charge in [-0.05, 0) is 30.2 Å². The van der Waals surface area contributed by atoms with Crippen LogP contribution >= 0.6 is 0 Å². The summed E-state index contributed by atoms with van der Waals surface area (Å²) in [6, 6.07) is 9.62. The SMILES string of the molecule is COc1ccccc1OCCc1cc(C)cnc1N. The van der Waals surface area contributed by atoms with Crippen molar-refractivity contribution in [1.29, 1.82) is 0 Å². The Hall–Kier alpha value is -2.23. The van der Waals surface area contributed by atoms with E-state index >= 15 is 0 Å².